The van der Waals surface area contributed by atoms with Gasteiger partial charge in [0.1, 0.15) is 5.84 Å². The fraction of sp³-hybridized carbons (Fsp3) is 0.889. The molecular formula is C9H21N3O2. The fourth-order valence-electron chi connectivity index (χ4n) is 1.34. The molecule has 0 amide bonds. The molecule has 0 aliphatic carbocycles. The van der Waals surface area contributed by atoms with E-state index in [2.05, 4.69) is 23.9 Å². The Kier molecular flexibility index (Phi) is 7.14. The van der Waals surface area contributed by atoms with Gasteiger partial charge in [-0.15, -0.1) is 0 Å². The summed E-state index contributed by atoms with van der Waals surface area (Å²) in [5, 5.41) is 11.3. The zero-order valence-electron chi connectivity index (χ0n) is 9.23. The summed E-state index contributed by atoms with van der Waals surface area (Å²) >= 11 is 0. The number of ether oxygens (including phenoxy) is 1. The molecule has 3 N–H and O–H groups in total. The molecule has 0 saturated heterocycles. The van der Waals surface area contributed by atoms with Gasteiger partial charge in [0.15, 0.2) is 0 Å². The normalized spacial score (nSPS) is 14.7. The largest absolute Gasteiger partial charge is 0.409 e. The maximum Gasteiger partial charge on any atom is 0.140 e. The molecule has 0 radical (unpaired) electrons. The van der Waals surface area contributed by atoms with Gasteiger partial charge >= 0.3 is 0 Å². The molecule has 1 unspecified atom stereocenters. The van der Waals surface area contributed by atoms with E-state index < -0.39 is 0 Å². The van der Waals surface area contributed by atoms with Crippen LogP contribution in [0.15, 0.2) is 5.16 Å². The van der Waals surface area contributed by atoms with Gasteiger partial charge in [0.2, 0.25) is 0 Å². The van der Waals surface area contributed by atoms with Gasteiger partial charge in [-0.3, -0.25) is 4.90 Å². The van der Waals surface area contributed by atoms with Crippen molar-refractivity contribution in [2.45, 2.75) is 26.3 Å². The van der Waals surface area contributed by atoms with Crippen LogP contribution in [0.4, 0.5) is 0 Å². The maximum absolute atomic E-state index is 8.38. The molecule has 5 nitrogen and oxygen atoms in total. The Morgan fingerprint density at radius 2 is 2.29 bits per heavy atom. The number of hydrogen-bond donors (Lipinski definition) is 2. The lowest BCUT2D eigenvalue weighted by atomic mass is 10.2. The standard InChI is InChI=1S/C9H21N3O2/c1-4-12(8(2)7-14-3)6-5-9(10)11-13/h8,13H,4-7H2,1-3H3,(H2,10,11). The van der Waals surface area contributed by atoms with Crippen molar-refractivity contribution in [2.24, 2.45) is 10.9 Å². The quantitative estimate of drug-likeness (QED) is 0.273. The Labute approximate surface area is 85.5 Å². The van der Waals surface area contributed by atoms with Crippen molar-refractivity contribution in [1.29, 1.82) is 0 Å². The predicted molar refractivity (Wildman–Crippen MR) is 56.6 cm³/mol. The zero-order chi connectivity index (χ0) is 11.0. The van der Waals surface area contributed by atoms with Crippen molar-refractivity contribution in [3.8, 4) is 0 Å². The smallest absolute Gasteiger partial charge is 0.140 e. The van der Waals surface area contributed by atoms with Gasteiger partial charge in [-0.1, -0.05) is 12.1 Å². The summed E-state index contributed by atoms with van der Waals surface area (Å²) in [6, 6.07) is 0.358. The summed E-state index contributed by atoms with van der Waals surface area (Å²) in [6.45, 7) is 6.60. The first-order valence-corrected chi connectivity index (χ1v) is 4.85. The lowest BCUT2D eigenvalue weighted by Crippen LogP contribution is -2.38. The van der Waals surface area contributed by atoms with Crippen LogP contribution in [0, 0.1) is 0 Å². The van der Waals surface area contributed by atoms with Crippen molar-refractivity contribution < 1.29 is 9.94 Å². The lowest BCUT2D eigenvalue weighted by Gasteiger charge is -2.26. The van der Waals surface area contributed by atoms with E-state index in [1.807, 2.05) is 0 Å². The molecule has 0 saturated carbocycles. The Morgan fingerprint density at radius 3 is 2.71 bits per heavy atom. The molecular weight excluding hydrogens is 182 g/mol. The third-order valence-electron chi connectivity index (χ3n) is 2.22. The van der Waals surface area contributed by atoms with Crippen molar-refractivity contribution in [3.05, 3.63) is 0 Å². The van der Waals surface area contributed by atoms with E-state index in [0.29, 0.717) is 19.1 Å². The third kappa shape index (κ3) is 5.04. The highest BCUT2D eigenvalue weighted by atomic mass is 16.5. The third-order valence-corrected chi connectivity index (χ3v) is 2.22. The molecule has 0 rings (SSSR count). The van der Waals surface area contributed by atoms with Crippen molar-refractivity contribution in [1.82, 2.24) is 4.90 Å². The van der Waals surface area contributed by atoms with Gasteiger partial charge in [-0.25, -0.2) is 0 Å². The van der Waals surface area contributed by atoms with Gasteiger partial charge in [0, 0.05) is 26.1 Å². The van der Waals surface area contributed by atoms with Crippen LogP contribution in [0.5, 0.6) is 0 Å². The van der Waals surface area contributed by atoms with Crippen LogP contribution < -0.4 is 5.73 Å². The SMILES string of the molecule is CCN(CCC(N)=NO)C(C)COC. The Morgan fingerprint density at radius 1 is 1.64 bits per heavy atom. The van der Waals surface area contributed by atoms with Crippen LogP contribution >= 0.6 is 0 Å². The topological polar surface area (TPSA) is 71.1 Å². The number of oxime groups is 1. The Hall–Kier alpha value is -0.810. The highest BCUT2D eigenvalue weighted by molar-refractivity contribution is 5.79. The number of rotatable bonds is 7. The number of hydrogen-bond acceptors (Lipinski definition) is 4. The number of likely N-dealkylation sites (N-methyl/N-ethyl adjacent to an activating group) is 1. The fourth-order valence-corrected chi connectivity index (χ4v) is 1.34. The van der Waals surface area contributed by atoms with Crippen molar-refractivity contribution >= 4 is 5.84 Å². The van der Waals surface area contributed by atoms with E-state index in [-0.39, 0.29) is 5.84 Å². The van der Waals surface area contributed by atoms with Crippen LogP contribution in [0.2, 0.25) is 0 Å². The van der Waals surface area contributed by atoms with Crippen LogP contribution in [-0.4, -0.2) is 48.8 Å². The number of amidine groups is 1. The summed E-state index contributed by atoms with van der Waals surface area (Å²) in [5.41, 5.74) is 5.39. The highest BCUT2D eigenvalue weighted by Gasteiger charge is 2.11. The second-order valence-electron chi connectivity index (χ2n) is 3.27. The van der Waals surface area contributed by atoms with Crippen molar-refractivity contribution in [2.75, 3.05) is 26.8 Å². The first-order valence-electron chi connectivity index (χ1n) is 4.85. The van der Waals surface area contributed by atoms with Gasteiger partial charge in [-0.05, 0) is 13.5 Å². The summed E-state index contributed by atoms with van der Waals surface area (Å²) in [6.07, 6.45) is 0.582. The minimum atomic E-state index is 0.271. The summed E-state index contributed by atoms with van der Waals surface area (Å²) in [5.74, 6) is 0.271. The summed E-state index contributed by atoms with van der Waals surface area (Å²) in [4.78, 5) is 2.22. The van der Waals surface area contributed by atoms with Gasteiger partial charge in [0.25, 0.3) is 0 Å². The minimum Gasteiger partial charge on any atom is -0.409 e. The molecule has 84 valence electrons. The van der Waals surface area contributed by atoms with E-state index in [4.69, 9.17) is 15.7 Å². The molecule has 1 atom stereocenters. The van der Waals surface area contributed by atoms with E-state index in [1.54, 1.807) is 7.11 Å². The molecule has 0 aromatic carbocycles. The van der Waals surface area contributed by atoms with E-state index in [1.165, 1.54) is 0 Å². The van der Waals surface area contributed by atoms with Crippen LogP contribution in [0.1, 0.15) is 20.3 Å². The molecule has 0 fully saturated rings. The number of nitrogens with zero attached hydrogens (tertiary/aromatic N) is 2. The van der Waals surface area contributed by atoms with Gasteiger partial charge < -0.3 is 15.7 Å². The Bertz CT molecular complexity index is 173. The average molecular weight is 203 g/mol. The molecule has 0 bridgehead atoms. The molecule has 0 aromatic rings. The predicted octanol–water partition coefficient (Wildman–Crippen LogP) is 0.480. The molecule has 0 spiro atoms. The lowest BCUT2D eigenvalue weighted by molar-refractivity contribution is 0.104. The number of nitrogens with two attached hydrogens (primary N) is 1. The van der Waals surface area contributed by atoms with E-state index in [9.17, 15) is 0 Å². The zero-order valence-corrected chi connectivity index (χ0v) is 9.23. The molecule has 0 aromatic heterocycles. The second kappa shape index (κ2) is 7.58. The molecule has 0 heterocycles. The van der Waals surface area contributed by atoms with E-state index in [0.717, 1.165) is 13.1 Å². The van der Waals surface area contributed by atoms with Gasteiger partial charge in [0.05, 0.1) is 6.61 Å². The second-order valence-corrected chi connectivity index (χ2v) is 3.27. The maximum atomic E-state index is 8.38. The van der Waals surface area contributed by atoms with Gasteiger partial charge in [-0.2, -0.15) is 0 Å². The minimum absolute atomic E-state index is 0.271. The monoisotopic (exact) mass is 203 g/mol. The highest BCUT2D eigenvalue weighted by Crippen LogP contribution is 2.00. The first-order chi connectivity index (χ1) is 6.65. The molecule has 0 aliphatic rings. The van der Waals surface area contributed by atoms with Crippen LogP contribution in [-0.2, 0) is 4.74 Å². The van der Waals surface area contributed by atoms with Crippen LogP contribution in [0.3, 0.4) is 0 Å². The summed E-state index contributed by atoms with van der Waals surface area (Å²) < 4.78 is 5.07. The van der Waals surface area contributed by atoms with Crippen LogP contribution in [0.25, 0.3) is 0 Å². The Balaban J connectivity index is 3.89. The molecule has 5 heteroatoms. The van der Waals surface area contributed by atoms with E-state index >= 15 is 0 Å². The van der Waals surface area contributed by atoms with Crippen molar-refractivity contribution in [3.63, 3.8) is 0 Å². The molecule has 14 heavy (non-hydrogen) atoms. The number of methoxy groups -OCH3 is 1. The summed E-state index contributed by atoms with van der Waals surface area (Å²) in [7, 11) is 1.69. The average Bonchev–Trinajstić information content (AvgIpc) is 2.18. The molecule has 0 aliphatic heterocycles. The first kappa shape index (κ1) is 13.2.